The molecular weight excluding hydrogens is 332 g/mol. The van der Waals surface area contributed by atoms with Gasteiger partial charge in [0.1, 0.15) is 5.75 Å². The number of rotatable bonds is 7. The van der Waals surface area contributed by atoms with Crippen LogP contribution < -0.4 is 15.0 Å². The number of nitrogens with zero attached hydrogens (tertiary/aromatic N) is 1. The number of amides is 1. The number of hydrogen-bond donors (Lipinski definition) is 2. The van der Waals surface area contributed by atoms with Gasteiger partial charge in [-0.2, -0.15) is 0 Å². The summed E-state index contributed by atoms with van der Waals surface area (Å²) >= 11 is 0. The molecular formula is C20H22N2O4. The van der Waals surface area contributed by atoms with Gasteiger partial charge in [-0.1, -0.05) is 18.6 Å². The molecule has 0 radical (unpaired) electrons. The number of benzene rings is 2. The fourth-order valence-corrected chi connectivity index (χ4v) is 3.09. The number of fused-ring (bicyclic) bond motifs is 2. The van der Waals surface area contributed by atoms with Crippen molar-refractivity contribution in [3.8, 4) is 5.75 Å². The second-order valence-corrected chi connectivity index (χ2v) is 6.21. The van der Waals surface area contributed by atoms with Gasteiger partial charge in [0, 0.05) is 19.0 Å². The minimum Gasteiger partial charge on any atom is -0.497 e. The molecule has 6 nitrogen and oxygen atoms in total. The Balaban J connectivity index is 1.87. The van der Waals surface area contributed by atoms with Gasteiger partial charge in [0.15, 0.2) is 0 Å². The highest BCUT2D eigenvalue weighted by molar-refractivity contribution is 6.13. The molecule has 0 unspecified atom stereocenters. The molecule has 0 aromatic heterocycles. The largest absolute Gasteiger partial charge is 0.497 e. The lowest BCUT2D eigenvalue weighted by Crippen LogP contribution is -2.31. The summed E-state index contributed by atoms with van der Waals surface area (Å²) in [6.07, 6.45) is 2.25. The molecule has 2 aromatic rings. The number of carbonyl (C=O) groups excluding carboxylic acids is 1. The maximum Gasteiger partial charge on any atom is 0.303 e. The van der Waals surface area contributed by atoms with E-state index in [0.29, 0.717) is 24.3 Å². The first-order valence-corrected chi connectivity index (χ1v) is 8.68. The van der Waals surface area contributed by atoms with E-state index in [2.05, 4.69) is 5.32 Å². The number of aliphatic carboxylic acids is 1. The summed E-state index contributed by atoms with van der Waals surface area (Å²) in [5.41, 5.74) is 3.00. The second kappa shape index (κ2) is 7.91. The molecule has 136 valence electrons. The monoisotopic (exact) mass is 354 g/mol. The van der Waals surface area contributed by atoms with Crippen LogP contribution in [0.5, 0.6) is 5.75 Å². The molecule has 6 heteroatoms. The Morgan fingerprint density at radius 1 is 1.12 bits per heavy atom. The minimum atomic E-state index is -0.788. The number of para-hydroxylation sites is 1. The van der Waals surface area contributed by atoms with Crippen molar-refractivity contribution in [3.63, 3.8) is 0 Å². The fourth-order valence-electron chi connectivity index (χ4n) is 3.09. The van der Waals surface area contributed by atoms with Crippen molar-refractivity contribution in [2.24, 2.45) is 0 Å². The van der Waals surface area contributed by atoms with Gasteiger partial charge in [-0.25, -0.2) is 0 Å². The van der Waals surface area contributed by atoms with Crippen LogP contribution >= 0.6 is 0 Å². The predicted octanol–water partition coefficient (Wildman–Crippen LogP) is 4.04. The molecule has 2 N–H and O–H groups in total. The van der Waals surface area contributed by atoms with E-state index in [9.17, 15) is 9.59 Å². The first-order chi connectivity index (χ1) is 12.6. The van der Waals surface area contributed by atoms with Crippen LogP contribution in [-0.4, -0.2) is 30.6 Å². The van der Waals surface area contributed by atoms with Gasteiger partial charge in [0.05, 0.1) is 29.7 Å². The summed E-state index contributed by atoms with van der Waals surface area (Å²) in [4.78, 5) is 25.5. The number of nitrogens with one attached hydrogen (secondary N) is 1. The van der Waals surface area contributed by atoms with Crippen LogP contribution in [0.4, 0.5) is 17.1 Å². The van der Waals surface area contributed by atoms with Crippen molar-refractivity contribution in [1.29, 1.82) is 0 Å². The Hall–Kier alpha value is -3.02. The SMILES string of the molecule is COc1ccc2c(c1)N(CCCCCC(=O)O)C(=O)c1ccccc1N2. The van der Waals surface area contributed by atoms with Crippen molar-refractivity contribution in [2.45, 2.75) is 25.7 Å². The molecule has 0 fully saturated rings. The summed E-state index contributed by atoms with van der Waals surface area (Å²) in [6, 6.07) is 13.0. The van der Waals surface area contributed by atoms with Crippen LogP contribution in [0, 0.1) is 0 Å². The number of hydrogen-bond acceptors (Lipinski definition) is 4. The van der Waals surface area contributed by atoms with Gasteiger partial charge >= 0.3 is 5.97 Å². The van der Waals surface area contributed by atoms with Gasteiger partial charge in [-0.3, -0.25) is 9.59 Å². The van der Waals surface area contributed by atoms with Crippen LogP contribution in [-0.2, 0) is 4.79 Å². The molecule has 3 rings (SSSR count). The van der Waals surface area contributed by atoms with Gasteiger partial charge in [0.2, 0.25) is 0 Å². The first kappa shape index (κ1) is 17.8. The molecule has 2 aromatic carbocycles. The summed E-state index contributed by atoms with van der Waals surface area (Å²) in [5.74, 6) is -0.178. The van der Waals surface area contributed by atoms with Crippen LogP contribution in [0.3, 0.4) is 0 Å². The van der Waals surface area contributed by atoms with Crippen molar-refractivity contribution in [1.82, 2.24) is 0 Å². The maximum atomic E-state index is 13.1. The van der Waals surface area contributed by atoms with E-state index >= 15 is 0 Å². The van der Waals surface area contributed by atoms with Crippen LogP contribution in [0.15, 0.2) is 42.5 Å². The van der Waals surface area contributed by atoms with E-state index in [4.69, 9.17) is 9.84 Å². The van der Waals surface area contributed by atoms with Crippen LogP contribution in [0.2, 0.25) is 0 Å². The number of carboxylic acid groups (broad SMARTS) is 1. The van der Waals surface area contributed by atoms with Crippen LogP contribution in [0.1, 0.15) is 36.0 Å². The van der Waals surface area contributed by atoms with Gasteiger partial charge in [0.25, 0.3) is 5.91 Å². The third-order valence-electron chi connectivity index (χ3n) is 4.44. The zero-order chi connectivity index (χ0) is 18.5. The van der Waals surface area contributed by atoms with E-state index in [0.717, 1.165) is 29.9 Å². The zero-order valence-corrected chi connectivity index (χ0v) is 14.7. The molecule has 26 heavy (non-hydrogen) atoms. The Kier molecular flexibility index (Phi) is 5.41. The Morgan fingerprint density at radius 3 is 2.69 bits per heavy atom. The first-order valence-electron chi connectivity index (χ1n) is 8.68. The molecule has 0 spiro atoms. The van der Waals surface area contributed by atoms with Gasteiger partial charge < -0.3 is 20.1 Å². The van der Waals surface area contributed by atoms with Crippen molar-refractivity contribution >= 4 is 28.9 Å². The molecule has 1 heterocycles. The fraction of sp³-hybridized carbons (Fsp3) is 0.300. The Morgan fingerprint density at radius 2 is 1.92 bits per heavy atom. The zero-order valence-electron chi connectivity index (χ0n) is 14.7. The normalized spacial score (nSPS) is 12.7. The number of carbonyl (C=O) groups is 2. The second-order valence-electron chi connectivity index (χ2n) is 6.21. The summed E-state index contributed by atoms with van der Waals surface area (Å²) in [5, 5.41) is 12.1. The summed E-state index contributed by atoms with van der Waals surface area (Å²) in [6.45, 7) is 0.522. The minimum absolute atomic E-state index is 0.0710. The quantitative estimate of drug-likeness (QED) is 0.734. The smallest absolute Gasteiger partial charge is 0.303 e. The molecule has 0 saturated carbocycles. The number of ether oxygens (including phenoxy) is 1. The van der Waals surface area contributed by atoms with Crippen molar-refractivity contribution in [3.05, 3.63) is 48.0 Å². The van der Waals surface area contributed by atoms with Crippen molar-refractivity contribution < 1.29 is 19.4 Å². The number of unbranched alkanes of at least 4 members (excludes halogenated alkanes) is 2. The lowest BCUT2D eigenvalue weighted by atomic mass is 10.1. The average Bonchev–Trinajstić information content (AvgIpc) is 2.75. The lowest BCUT2D eigenvalue weighted by Gasteiger charge is -2.23. The predicted molar refractivity (Wildman–Crippen MR) is 100 cm³/mol. The Labute approximate surface area is 152 Å². The lowest BCUT2D eigenvalue weighted by molar-refractivity contribution is -0.137. The highest BCUT2D eigenvalue weighted by atomic mass is 16.5. The van der Waals surface area contributed by atoms with E-state index < -0.39 is 5.97 Å². The highest BCUT2D eigenvalue weighted by Gasteiger charge is 2.26. The van der Waals surface area contributed by atoms with Crippen LogP contribution in [0.25, 0.3) is 0 Å². The standard InChI is InChI=1S/C20H22N2O4/c1-26-14-10-11-17-18(13-14)22(12-6-2-3-9-19(23)24)20(25)15-7-4-5-8-16(15)21-17/h4-5,7-8,10-11,13,21H,2-3,6,9,12H2,1H3,(H,23,24). The topological polar surface area (TPSA) is 78.9 Å². The average molecular weight is 354 g/mol. The maximum absolute atomic E-state index is 13.1. The number of anilines is 3. The molecule has 0 aliphatic carbocycles. The number of methoxy groups -OCH3 is 1. The summed E-state index contributed by atoms with van der Waals surface area (Å²) < 4.78 is 5.32. The Bertz CT molecular complexity index is 819. The van der Waals surface area contributed by atoms with Gasteiger partial charge in [-0.15, -0.1) is 0 Å². The van der Waals surface area contributed by atoms with E-state index in [-0.39, 0.29) is 12.3 Å². The highest BCUT2D eigenvalue weighted by Crippen LogP contribution is 2.38. The molecule has 0 bridgehead atoms. The van der Waals surface area contributed by atoms with E-state index in [1.54, 1.807) is 12.0 Å². The molecule has 1 amide bonds. The molecule has 0 saturated heterocycles. The third kappa shape index (κ3) is 3.79. The molecule has 1 aliphatic rings. The van der Waals surface area contributed by atoms with Crippen molar-refractivity contribution in [2.75, 3.05) is 23.9 Å². The molecule has 0 atom stereocenters. The third-order valence-corrected chi connectivity index (χ3v) is 4.44. The van der Waals surface area contributed by atoms with E-state index in [1.807, 2.05) is 42.5 Å². The number of carboxylic acids is 1. The van der Waals surface area contributed by atoms with E-state index in [1.165, 1.54) is 0 Å². The summed E-state index contributed by atoms with van der Waals surface area (Å²) in [7, 11) is 1.60. The van der Waals surface area contributed by atoms with Gasteiger partial charge in [-0.05, 0) is 37.1 Å². The molecule has 1 aliphatic heterocycles.